The number of hydrogen-bond donors (Lipinski definition) is 2. The van der Waals surface area contributed by atoms with Crippen molar-refractivity contribution in [2.75, 3.05) is 33.4 Å². The molecule has 2 rings (SSSR count). The molecule has 1 aromatic rings. The Hall–Kier alpha value is -0.860. The van der Waals surface area contributed by atoms with Gasteiger partial charge in [-0.05, 0) is 45.1 Å². The van der Waals surface area contributed by atoms with Crippen LogP contribution in [0.1, 0.15) is 45.1 Å². The monoisotopic (exact) mass is 488 g/mol. The fraction of sp³-hybridized carbons (Fsp3) is 0.667. The molecule has 0 bridgehead atoms. The molecule has 0 saturated carbocycles. The second-order valence-electron chi connectivity index (χ2n) is 7.16. The minimum atomic E-state index is 0. The number of hydrogen-bond acceptors (Lipinski definition) is 3. The predicted octanol–water partition coefficient (Wildman–Crippen LogP) is 3.64. The van der Waals surface area contributed by atoms with Crippen LogP contribution in [0.15, 0.2) is 35.3 Å². The van der Waals surface area contributed by atoms with Crippen LogP contribution in [0, 0.1) is 0 Å². The first-order valence-electron chi connectivity index (χ1n) is 10.0. The van der Waals surface area contributed by atoms with E-state index >= 15 is 0 Å². The van der Waals surface area contributed by atoms with E-state index in [-0.39, 0.29) is 24.0 Å². The highest BCUT2D eigenvalue weighted by Gasteiger charge is 2.29. The summed E-state index contributed by atoms with van der Waals surface area (Å²) in [7, 11) is 1.76. The number of halogens is 1. The van der Waals surface area contributed by atoms with E-state index in [4.69, 9.17) is 9.73 Å². The minimum absolute atomic E-state index is 0. The predicted molar refractivity (Wildman–Crippen MR) is 125 cm³/mol. The maximum absolute atomic E-state index is 5.09. The Morgan fingerprint density at radius 1 is 1.22 bits per heavy atom. The highest BCUT2D eigenvalue weighted by Crippen LogP contribution is 2.20. The van der Waals surface area contributed by atoms with Crippen molar-refractivity contribution in [2.45, 2.75) is 58.2 Å². The summed E-state index contributed by atoms with van der Waals surface area (Å²) in [6, 6.07) is 11.8. The van der Waals surface area contributed by atoms with E-state index in [0.717, 1.165) is 58.0 Å². The van der Waals surface area contributed by atoms with Crippen molar-refractivity contribution >= 4 is 29.9 Å². The van der Waals surface area contributed by atoms with E-state index in [2.05, 4.69) is 59.7 Å². The van der Waals surface area contributed by atoms with Gasteiger partial charge in [0.25, 0.3) is 0 Å². The molecule has 27 heavy (non-hydrogen) atoms. The number of methoxy groups -OCH3 is 1. The van der Waals surface area contributed by atoms with Crippen LogP contribution in [-0.2, 0) is 11.3 Å². The summed E-state index contributed by atoms with van der Waals surface area (Å²) in [6.07, 6.45) is 4.55. The Balaban J connectivity index is 0.00000364. The highest BCUT2D eigenvalue weighted by molar-refractivity contribution is 14.0. The molecule has 0 aliphatic carbocycles. The zero-order valence-corrected chi connectivity index (χ0v) is 19.4. The van der Waals surface area contributed by atoms with E-state index in [1.165, 1.54) is 12.0 Å². The first kappa shape index (κ1) is 24.2. The van der Waals surface area contributed by atoms with Gasteiger partial charge in [-0.3, -0.25) is 9.89 Å². The Bertz CT molecular complexity index is 526. The van der Waals surface area contributed by atoms with Gasteiger partial charge in [-0.25, -0.2) is 0 Å². The molecular weight excluding hydrogens is 451 g/mol. The van der Waals surface area contributed by atoms with E-state index < -0.39 is 0 Å². The maximum Gasteiger partial charge on any atom is 0.191 e. The topological polar surface area (TPSA) is 48.9 Å². The maximum atomic E-state index is 5.09. The summed E-state index contributed by atoms with van der Waals surface area (Å²) in [5.41, 5.74) is 1.39. The quantitative estimate of drug-likeness (QED) is 0.229. The summed E-state index contributed by atoms with van der Waals surface area (Å²) in [4.78, 5) is 7.30. The second kappa shape index (κ2) is 14.2. The number of likely N-dealkylation sites (tertiary alicyclic amines) is 1. The van der Waals surface area contributed by atoms with Crippen molar-refractivity contribution in [3.63, 3.8) is 0 Å². The molecule has 2 unspecified atom stereocenters. The van der Waals surface area contributed by atoms with Crippen molar-refractivity contribution in [2.24, 2.45) is 4.99 Å². The smallest absolute Gasteiger partial charge is 0.191 e. The van der Waals surface area contributed by atoms with Crippen LogP contribution in [0.5, 0.6) is 0 Å². The highest BCUT2D eigenvalue weighted by atomic mass is 127. The SMILES string of the molecule is CCNC(=NCCCCCOC)NC1CC(C)N(Cc2ccccc2)C1.I. The van der Waals surface area contributed by atoms with Crippen LogP contribution >= 0.6 is 24.0 Å². The van der Waals surface area contributed by atoms with Crippen LogP contribution in [0.4, 0.5) is 0 Å². The number of nitrogens with one attached hydrogen (secondary N) is 2. The molecule has 1 aliphatic rings. The standard InChI is InChI=1S/C21H36N4O.HI/c1-4-22-21(23-13-9-6-10-14-26-3)24-20-15-18(2)25(17-20)16-19-11-7-5-8-12-19;/h5,7-8,11-12,18,20H,4,6,9-10,13-17H2,1-3H3,(H2,22,23,24);1H. The fourth-order valence-corrected chi connectivity index (χ4v) is 3.48. The summed E-state index contributed by atoms with van der Waals surface area (Å²) in [5, 5.41) is 7.02. The fourth-order valence-electron chi connectivity index (χ4n) is 3.48. The molecule has 2 atom stereocenters. The lowest BCUT2D eigenvalue weighted by atomic mass is 10.2. The molecule has 2 N–H and O–H groups in total. The van der Waals surface area contributed by atoms with Crippen molar-refractivity contribution < 1.29 is 4.74 Å². The summed E-state index contributed by atoms with van der Waals surface area (Å²) < 4.78 is 5.09. The van der Waals surface area contributed by atoms with Crippen LogP contribution in [0.25, 0.3) is 0 Å². The van der Waals surface area contributed by atoms with Gasteiger partial charge in [-0.1, -0.05) is 30.3 Å². The lowest BCUT2D eigenvalue weighted by Gasteiger charge is -2.21. The third-order valence-electron chi connectivity index (χ3n) is 4.89. The van der Waals surface area contributed by atoms with Gasteiger partial charge in [-0.15, -0.1) is 24.0 Å². The first-order chi connectivity index (χ1) is 12.7. The van der Waals surface area contributed by atoms with Gasteiger partial charge in [0, 0.05) is 52.0 Å². The van der Waals surface area contributed by atoms with Crippen LogP contribution in [0.3, 0.4) is 0 Å². The molecule has 5 nitrogen and oxygen atoms in total. The summed E-state index contributed by atoms with van der Waals surface area (Å²) in [5.74, 6) is 0.956. The van der Waals surface area contributed by atoms with Gasteiger partial charge >= 0.3 is 0 Å². The Morgan fingerprint density at radius 3 is 2.70 bits per heavy atom. The third kappa shape index (κ3) is 9.25. The summed E-state index contributed by atoms with van der Waals surface area (Å²) >= 11 is 0. The number of rotatable bonds is 10. The molecule has 0 aromatic heterocycles. The molecule has 6 heteroatoms. The zero-order valence-electron chi connectivity index (χ0n) is 17.1. The average molecular weight is 488 g/mol. The molecule has 1 heterocycles. The Kier molecular flexibility index (Phi) is 12.7. The van der Waals surface area contributed by atoms with E-state index in [1.807, 2.05) is 0 Å². The van der Waals surface area contributed by atoms with Gasteiger partial charge in [0.15, 0.2) is 5.96 Å². The molecular formula is C21H37IN4O. The molecule has 1 saturated heterocycles. The van der Waals surface area contributed by atoms with Crippen molar-refractivity contribution in [1.29, 1.82) is 0 Å². The lowest BCUT2D eigenvalue weighted by Crippen LogP contribution is -2.44. The molecule has 1 aromatic carbocycles. The van der Waals surface area contributed by atoms with Crippen LogP contribution in [0.2, 0.25) is 0 Å². The van der Waals surface area contributed by atoms with Gasteiger partial charge in [0.05, 0.1) is 0 Å². The minimum Gasteiger partial charge on any atom is -0.385 e. The molecule has 0 amide bonds. The number of unbranched alkanes of at least 4 members (excludes halogenated alkanes) is 2. The van der Waals surface area contributed by atoms with Gasteiger partial charge < -0.3 is 15.4 Å². The average Bonchev–Trinajstić information content (AvgIpc) is 2.98. The van der Waals surface area contributed by atoms with E-state index in [9.17, 15) is 0 Å². The number of ether oxygens (including phenoxy) is 1. The summed E-state index contributed by atoms with van der Waals surface area (Å²) in [6.45, 7) is 9.14. The van der Waals surface area contributed by atoms with Gasteiger partial charge in [0.1, 0.15) is 0 Å². The Morgan fingerprint density at radius 2 is 2.00 bits per heavy atom. The van der Waals surface area contributed by atoms with Crippen LogP contribution in [-0.4, -0.2) is 56.3 Å². The number of aliphatic imine (C=N–C) groups is 1. The number of benzene rings is 1. The first-order valence-corrected chi connectivity index (χ1v) is 10.0. The van der Waals surface area contributed by atoms with Gasteiger partial charge in [-0.2, -0.15) is 0 Å². The van der Waals surface area contributed by atoms with Gasteiger partial charge in [0.2, 0.25) is 0 Å². The van der Waals surface area contributed by atoms with Crippen molar-refractivity contribution in [3.8, 4) is 0 Å². The van der Waals surface area contributed by atoms with E-state index in [1.54, 1.807) is 7.11 Å². The zero-order chi connectivity index (χ0) is 18.6. The Labute approximate surface area is 182 Å². The molecule has 0 radical (unpaired) electrons. The molecule has 1 fully saturated rings. The van der Waals surface area contributed by atoms with Crippen LogP contribution < -0.4 is 10.6 Å². The molecule has 0 spiro atoms. The molecule has 1 aliphatic heterocycles. The normalized spacial score (nSPS) is 20.3. The van der Waals surface area contributed by atoms with Crippen molar-refractivity contribution in [1.82, 2.24) is 15.5 Å². The lowest BCUT2D eigenvalue weighted by molar-refractivity contribution is 0.192. The largest absolute Gasteiger partial charge is 0.385 e. The molecule has 154 valence electrons. The second-order valence-corrected chi connectivity index (χ2v) is 7.16. The number of guanidine groups is 1. The van der Waals surface area contributed by atoms with Crippen molar-refractivity contribution in [3.05, 3.63) is 35.9 Å². The van der Waals surface area contributed by atoms with E-state index in [0.29, 0.717) is 12.1 Å². The third-order valence-corrected chi connectivity index (χ3v) is 4.89. The number of nitrogens with zero attached hydrogens (tertiary/aromatic N) is 2.